The fraction of sp³-hybridized carbons (Fsp3) is 0.615. The number of carboxylic acids is 1. The number of nitrogens with zero attached hydrogens (tertiary/aromatic N) is 1. The highest BCUT2D eigenvalue weighted by Gasteiger charge is 2.28. The molecule has 0 saturated carbocycles. The Morgan fingerprint density at radius 1 is 1.61 bits per heavy atom. The van der Waals surface area contributed by atoms with Crippen molar-refractivity contribution in [3.8, 4) is 0 Å². The van der Waals surface area contributed by atoms with Crippen LogP contribution in [0, 0.1) is 5.92 Å². The van der Waals surface area contributed by atoms with Gasteiger partial charge in [0.2, 0.25) is 5.76 Å². The van der Waals surface area contributed by atoms with Crippen LogP contribution in [0.25, 0.3) is 0 Å². The molecular formula is C13H20N2O3. The molecule has 0 radical (unpaired) electrons. The van der Waals surface area contributed by atoms with E-state index in [4.69, 9.17) is 15.3 Å². The molecule has 100 valence electrons. The fourth-order valence-electron chi connectivity index (χ4n) is 2.69. The summed E-state index contributed by atoms with van der Waals surface area (Å²) in [6, 6.07) is 3.59. The van der Waals surface area contributed by atoms with Crippen molar-refractivity contribution in [2.45, 2.75) is 32.4 Å². The predicted octanol–water partition coefficient (Wildman–Crippen LogP) is 1.54. The number of carbonyl (C=O) groups is 1. The maximum atomic E-state index is 10.8. The second kappa shape index (κ2) is 5.54. The quantitative estimate of drug-likeness (QED) is 0.849. The first kappa shape index (κ1) is 13.1. The Kier molecular flexibility index (Phi) is 4.04. The summed E-state index contributed by atoms with van der Waals surface area (Å²) in [6.45, 7) is 4.48. The van der Waals surface area contributed by atoms with E-state index in [9.17, 15) is 4.79 Å². The third kappa shape index (κ3) is 2.73. The second-order valence-electron chi connectivity index (χ2n) is 4.96. The SMILES string of the molecule is CC1CCCN(Cc2ccc(C(=O)O)o2)C1CN. The van der Waals surface area contributed by atoms with Crippen LogP contribution >= 0.6 is 0 Å². The Morgan fingerprint density at radius 3 is 3.00 bits per heavy atom. The Hall–Kier alpha value is -1.33. The molecule has 5 nitrogen and oxygen atoms in total. The fourth-order valence-corrected chi connectivity index (χ4v) is 2.69. The summed E-state index contributed by atoms with van der Waals surface area (Å²) < 4.78 is 5.29. The molecule has 2 heterocycles. The summed E-state index contributed by atoms with van der Waals surface area (Å²) in [5.41, 5.74) is 5.82. The number of carboxylic acid groups (broad SMARTS) is 1. The Bertz CT molecular complexity index is 416. The first-order valence-corrected chi connectivity index (χ1v) is 6.38. The van der Waals surface area contributed by atoms with Crippen LogP contribution in [0.1, 0.15) is 36.1 Å². The van der Waals surface area contributed by atoms with Gasteiger partial charge < -0.3 is 15.3 Å². The Labute approximate surface area is 107 Å². The normalized spacial score (nSPS) is 25.2. The van der Waals surface area contributed by atoms with Gasteiger partial charge in [0.1, 0.15) is 5.76 Å². The van der Waals surface area contributed by atoms with E-state index in [0.29, 0.717) is 30.8 Å². The molecule has 18 heavy (non-hydrogen) atoms. The minimum absolute atomic E-state index is 0.000596. The van der Waals surface area contributed by atoms with Gasteiger partial charge in [-0.1, -0.05) is 6.92 Å². The van der Waals surface area contributed by atoms with Gasteiger partial charge in [-0.2, -0.15) is 0 Å². The monoisotopic (exact) mass is 252 g/mol. The molecule has 1 aliphatic rings. The van der Waals surface area contributed by atoms with Crippen molar-refractivity contribution in [2.75, 3.05) is 13.1 Å². The van der Waals surface area contributed by atoms with Crippen LogP contribution < -0.4 is 5.73 Å². The molecule has 0 aliphatic carbocycles. The number of rotatable bonds is 4. The minimum atomic E-state index is -1.02. The average molecular weight is 252 g/mol. The molecule has 1 aromatic heterocycles. The number of likely N-dealkylation sites (tertiary alicyclic amines) is 1. The lowest BCUT2D eigenvalue weighted by Crippen LogP contribution is -2.47. The summed E-state index contributed by atoms with van der Waals surface area (Å²) in [5, 5.41) is 8.82. The first-order chi connectivity index (χ1) is 8.61. The summed E-state index contributed by atoms with van der Waals surface area (Å²) >= 11 is 0. The molecule has 2 rings (SSSR count). The first-order valence-electron chi connectivity index (χ1n) is 6.38. The summed E-state index contributed by atoms with van der Waals surface area (Å²) in [4.78, 5) is 13.0. The van der Waals surface area contributed by atoms with Crippen LogP contribution in [0.3, 0.4) is 0 Å². The molecule has 1 aromatic rings. The van der Waals surface area contributed by atoms with Crippen molar-refractivity contribution in [3.05, 3.63) is 23.7 Å². The van der Waals surface area contributed by atoms with E-state index in [1.807, 2.05) is 0 Å². The van der Waals surface area contributed by atoms with Crippen molar-refractivity contribution in [1.29, 1.82) is 0 Å². The summed E-state index contributed by atoms with van der Waals surface area (Å²) in [6.07, 6.45) is 2.36. The third-order valence-corrected chi connectivity index (χ3v) is 3.70. The van der Waals surface area contributed by atoms with E-state index >= 15 is 0 Å². The van der Waals surface area contributed by atoms with Crippen LogP contribution in [-0.2, 0) is 6.54 Å². The third-order valence-electron chi connectivity index (χ3n) is 3.70. The maximum absolute atomic E-state index is 10.8. The number of piperidine rings is 1. The van der Waals surface area contributed by atoms with Crippen molar-refractivity contribution in [1.82, 2.24) is 4.90 Å². The number of hydrogen-bond donors (Lipinski definition) is 2. The highest BCUT2D eigenvalue weighted by molar-refractivity contribution is 5.84. The molecule has 2 atom stereocenters. The largest absolute Gasteiger partial charge is 0.475 e. The molecule has 2 unspecified atom stereocenters. The molecule has 1 saturated heterocycles. The summed E-state index contributed by atoms with van der Waals surface area (Å²) in [5.74, 6) is 0.251. The molecular weight excluding hydrogens is 232 g/mol. The number of furan rings is 1. The zero-order valence-corrected chi connectivity index (χ0v) is 10.6. The molecule has 3 N–H and O–H groups in total. The van der Waals surface area contributed by atoms with Crippen LogP contribution in [0.4, 0.5) is 0 Å². The number of aromatic carboxylic acids is 1. The van der Waals surface area contributed by atoms with Gasteiger partial charge in [0.05, 0.1) is 6.54 Å². The van der Waals surface area contributed by atoms with E-state index in [2.05, 4.69) is 11.8 Å². The Balaban J connectivity index is 2.04. The van der Waals surface area contributed by atoms with Gasteiger partial charge in [-0.25, -0.2) is 4.79 Å². The highest BCUT2D eigenvalue weighted by atomic mass is 16.4. The molecule has 0 spiro atoms. The van der Waals surface area contributed by atoms with E-state index in [1.165, 1.54) is 12.5 Å². The molecule has 5 heteroatoms. The van der Waals surface area contributed by atoms with Crippen LogP contribution in [0.5, 0.6) is 0 Å². The van der Waals surface area contributed by atoms with Crippen molar-refractivity contribution >= 4 is 5.97 Å². The van der Waals surface area contributed by atoms with Gasteiger partial charge in [0.25, 0.3) is 0 Å². The topological polar surface area (TPSA) is 79.7 Å². The smallest absolute Gasteiger partial charge is 0.371 e. The van der Waals surface area contributed by atoms with Crippen molar-refractivity contribution in [2.24, 2.45) is 11.7 Å². The average Bonchev–Trinajstić information content (AvgIpc) is 2.78. The zero-order valence-electron chi connectivity index (χ0n) is 10.6. The second-order valence-corrected chi connectivity index (χ2v) is 4.96. The lowest BCUT2D eigenvalue weighted by molar-refractivity contribution is 0.0648. The van der Waals surface area contributed by atoms with E-state index < -0.39 is 5.97 Å². The van der Waals surface area contributed by atoms with E-state index in [1.54, 1.807) is 6.07 Å². The molecule has 1 fully saturated rings. The standard InChI is InChI=1S/C13H20N2O3/c1-9-3-2-6-15(11(9)7-14)8-10-4-5-12(18-10)13(16)17/h4-5,9,11H,2-3,6-8,14H2,1H3,(H,16,17). The predicted molar refractivity (Wildman–Crippen MR) is 67.3 cm³/mol. The van der Waals surface area contributed by atoms with Crippen LogP contribution in [-0.4, -0.2) is 35.1 Å². The summed E-state index contributed by atoms with van der Waals surface area (Å²) in [7, 11) is 0. The van der Waals surface area contributed by atoms with E-state index in [-0.39, 0.29) is 5.76 Å². The lowest BCUT2D eigenvalue weighted by Gasteiger charge is -2.38. The van der Waals surface area contributed by atoms with Gasteiger partial charge in [0.15, 0.2) is 0 Å². The molecule has 0 amide bonds. The van der Waals surface area contributed by atoms with Gasteiger partial charge in [-0.15, -0.1) is 0 Å². The van der Waals surface area contributed by atoms with Gasteiger partial charge >= 0.3 is 5.97 Å². The minimum Gasteiger partial charge on any atom is -0.475 e. The number of hydrogen-bond acceptors (Lipinski definition) is 4. The van der Waals surface area contributed by atoms with Gasteiger partial charge in [-0.3, -0.25) is 4.90 Å². The highest BCUT2D eigenvalue weighted by Crippen LogP contribution is 2.24. The Morgan fingerprint density at radius 2 is 2.39 bits per heavy atom. The molecule has 0 aromatic carbocycles. The van der Waals surface area contributed by atoms with Gasteiger partial charge in [-0.05, 0) is 37.4 Å². The van der Waals surface area contributed by atoms with Gasteiger partial charge in [0, 0.05) is 12.6 Å². The molecule has 0 bridgehead atoms. The maximum Gasteiger partial charge on any atom is 0.371 e. The van der Waals surface area contributed by atoms with Crippen LogP contribution in [0.2, 0.25) is 0 Å². The zero-order chi connectivity index (χ0) is 13.1. The lowest BCUT2D eigenvalue weighted by atomic mass is 9.91. The number of nitrogens with two attached hydrogens (primary N) is 1. The van der Waals surface area contributed by atoms with Crippen molar-refractivity contribution in [3.63, 3.8) is 0 Å². The van der Waals surface area contributed by atoms with Crippen molar-refractivity contribution < 1.29 is 14.3 Å². The van der Waals surface area contributed by atoms with E-state index in [0.717, 1.165) is 13.0 Å². The molecule has 1 aliphatic heterocycles. The van der Waals surface area contributed by atoms with Crippen LogP contribution in [0.15, 0.2) is 16.5 Å².